The second-order valence-electron chi connectivity index (χ2n) is 7.55. The van der Waals surface area contributed by atoms with E-state index in [0.717, 1.165) is 5.56 Å². The third-order valence-electron chi connectivity index (χ3n) is 4.91. The molecule has 0 bridgehead atoms. The van der Waals surface area contributed by atoms with Gasteiger partial charge in [-0.15, -0.1) is 0 Å². The molecule has 4 unspecified atom stereocenters. The fourth-order valence-electron chi connectivity index (χ4n) is 3.43. The van der Waals surface area contributed by atoms with Crippen molar-refractivity contribution in [2.75, 3.05) is 7.11 Å². The van der Waals surface area contributed by atoms with Crippen LogP contribution in [0.4, 0.5) is 5.69 Å². The molecule has 0 saturated carbocycles. The van der Waals surface area contributed by atoms with Crippen LogP contribution in [0.25, 0.3) is 0 Å². The van der Waals surface area contributed by atoms with E-state index >= 15 is 0 Å². The first-order chi connectivity index (χ1) is 14.4. The summed E-state index contributed by atoms with van der Waals surface area (Å²) in [5.41, 5.74) is 0.891. The quantitative estimate of drug-likeness (QED) is 0.218. The fraction of sp³-hybridized carbons (Fsp3) is 0.409. The number of methoxy groups -OCH3 is 1. The van der Waals surface area contributed by atoms with Gasteiger partial charge in [0.1, 0.15) is 6.61 Å². The Kier molecular flexibility index (Phi) is 9.21. The van der Waals surface area contributed by atoms with Crippen LogP contribution in [0, 0.1) is 22.0 Å². The van der Waals surface area contributed by atoms with Crippen LogP contribution in [-0.4, -0.2) is 23.7 Å². The summed E-state index contributed by atoms with van der Waals surface area (Å²) < 4.78 is 23.4. The first-order valence-electron chi connectivity index (χ1n) is 9.80. The van der Waals surface area contributed by atoms with Gasteiger partial charge in [-0.1, -0.05) is 44.2 Å². The molecule has 30 heavy (non-hydrogen) atoms. The molecule has 0 aliphatic heterocycles. The Bertz CT molecular complexity index is 840. The van der Waals surface area contributed by atoms with E-state index in [9.17, 15) is 19.5 Å². The largest absolute Gasteiger partial charge is 0.461 e. The molecule has 0 radical (unpaired) electrons. The van der Waals surface area contributed by atoms with Crippen LogP contribution in [0.3, 0.4) is 0 Å². The SMILES string of the molecule is COC(c1ccc([N+](=O)[O-])cc1)C([PH2]=O)C(CC(C)C)C(=O)OCc1ccccc1. The van der Waals surface area contributed by atoms with Crippen molar-refractivity contribution in [2.45, 2.75) is 38.6 Å². The molecule has 162 valence electrons. The van der Waals surface area contributed by atoms with E-state index in [1.54, 1.807) is 12.1 Å². The number of carbonyl (C=O) groups is 1. The van der Waals surface area contributed by atoms with Crippen molar-refractivity contribution in [1.82, 2.24) is 0 Å². The highest BCUT2D eigenvalue weighted by Gasteiger charge is 2.36. The summed E-state index contributed by atoms with van der Waals surface area (Å²) in [4.78, 5) is 23.4. The molecule has 0 N–H and O–H groups in total. The highest BCUT2D eigenvalue weighted by Crippen LogP contribution is 2.37. The van der Waals surface area contributed by atoms with E-state index in [1.165, 1.54) is 19.2 Å². The van der Waals surface area contributed by atoms with Crippen LogP contribution in [0.5, 0.6) is 0 Å². The van der Waals surface area contributed by atoms with Gasteiger partial charge >= 0.3 is 5.97 Å². The van der Waals surface area contributed by atoms with Gasteiger partial charge in [-0.05, 0) is 35.6 Å². The van der Waals surface area contributed by atoms with E-state index in [2.05, 4.69) is 0 Å². The van der Waals surface area contributed by atoms with Gasteiger partial charge in [0.2, 0.25) is 0 Å². The summed E-state index contributed by atoms with van der Waals surface area (Å²) in [7, 11) is 0.115. The van der Waals surface area contributed by atoms with E-state index in [4.69, 9.17) is 9.47 Å². The molecule has 2 aromatic rings. The minimum atomic E-state index is -1.37. The molecule has 0 saturated heterocycles. The molecule has 8 heteroatoms. The summed E-state index contributed by atoms with van der Waals surface area (Å²) in [6, 6.07) is 15.3. The average Bonchev–Trinajstić information content (AvgIpc) is 2.75. The predicted octanol–water partition coefficient (Wildman–Crippen LogP) is 4.81. The van der Waals surface area contributed by atoms with E-state index in [-0.39, 0.29) is 18.2 Å². The lowest BCUT2D eigenvalue weighted by atomic mass is 9.89. The van der Waals surface area contributed by atoms with E-state index in [1.807, 2.05) is 44.2 Å². The minimum Gasteiger partial charge on any atom is -0.461 e. The lowest BCUT2D eigenvalue weighted by Crippen LogP contribution is -2.33. The van der Waals surface area contributed by atoms with Gasteiger partial charge < -0.3 is 14.0 Å². The zero-order chi connectivity index (χ0) is 22.1. The maximum Gasteiger partial charge on any atom is 0.310 e. The molecule has 7 nitrogen and oxygen atoms in total. The smallest absolute Gasteiger partial charge is 0.310 e. The Morgan fingerprint density at radius 3 is 2.23 bits per heavy atom. The Morgan fingerprint density at radius 1 is 1.10 bits per heavy atom. The summed E-state index contributed by atoms with van der Waals surface area (Å²) in [5.74, 6) is -0.840. The van der Waals surface area contributed by atoms with Gasteiger partial charge in [0.05, 0.1) is 31.1 Å². The van der Waals surface area contributed by atoms with Crippen LogP contribution in [0.15, 0.2) is 54.6 Å². The zero-order valence-corrected chi connectivity index (χ0v) is 18.5. The summed E-state index contributed by atoms with van der Waals surface area (Å²) in [5, 5.41) is 10.9. The number of carbonyl (C=O) groups excluding carboxylic acids is 1. The number of nitro groups is 1. The van der Waals surface area contributed by atoms with Crippen molar-refractivity contribution in [3.63, 3.8) is 0 Å². The molecule has 0 spiro atoms. The number of ether oxygens (including phenoxy) is 2. The molecule has 0 fully saturated rings. The molecule has 0 heterocycles. The Hall–Kier alpha value is -2.50. The molecule has 2 aromatic carbocycles. The second-order valence-corrected chi connectivity index (χ2v) is 8.59. The van der Waals surface area contributed by atoms with Crippen molar-refractivity contribution in [3.05, 3.63) is 75.8 Å². The average molecular weight is 433 g/mol. The number of non-ortho nitro benzene ring substituents is 1. The predicted molar refractivity (Wildman–Crippen MR) is 116 cm³/mol. The summed E-state index contributed by atoms with van der Waals surface area (Å²) >= 11 is 0. The first kappa shape index (κ1) is 23.8. The van der Waals surface area contributed by atoms with Crippen molar-refractivity contribution in [3.8, 4) is 0 Å². The van der Waals surface area contributed by atoms with Gasteiger partial charge in [-0.2, -0.15) is 0 Å². The van der Waals surface area contributed by atoms with Crippen molar-refractivity contribution in [1.29, 1.82) is 0 Å². The number of hydrogen-bond acceptors (Lipinski definition) is 6. The minimum absolute atomic E-state index is 0.0411. The van der Waals surface area contributed by atoms with Gasteiger partial charge in [0, 0.05) is 19.2 Å². The van der Waals surface area contributed by atoms with Gasteiger partial charge in [0.25, 0.3) is 5.69 Å². The number of esters is 1. The molecule has 2 rings (SSSR count). The topological polar surface area (TPSA) is 95.7 Å². The maximum absolute atomic E-state index is 13.0. The normalized spacial score (nSPS) is 14.5. The molecular formula is C22H28NO6P. The molecule has 0 aromatic heterocycles. The van der Waals surface area contributed by atoms with Gasteiger partial charge in [-0.3, -0.25) is 14.9 Å². The van der Waals surface area contributed by atoms with E-state index in [0.29, 0.717) is 12.0 Å². The van der Waals surface area contributed by atoms with Crippen molar-refractivity contribution in [2.24, 2.45) is 11.8 Å². The second kappa shape index (κ2) is 11.6. The molecule has 0 amide bonds. The van der Waals surface area contributed by atoms with E-state index < -0.39 is 37.0 Å². The zero-order valence-electron chi connectivity index (χ0n) is 17.4. The third kappa shape index (κ3) is 6.51. The number of rotatable bonds is 11. The summed E-state index contributed by atoms with van der Waals surface area (Å²) in [6.45, 7) is 4.12. The first-order valence-corrected chi connectivity index (χ1v) is 10.9. The fourth-order valence-corrected chi connectivity index (χ4v) is 4.46. The standard InChI is InChI=1S/C22H28NO6P/c1-15(2)13-19(22(24)29-14-16-7-5-4-6-8-16)21(30-27)20(28-3)17-9-11-18(12-10-17)23(25)26/h4-12,15,19-21H,13-14,30H2,1-3H3. The monoisotopic (exact) mass is 433 g/mol. The highest BCUT2D eigenvalue weighted by molar-refractivity contribution is 7.24. The van der Waals surface area contributed by atoms with Crippen LogP contribution in [0.2, 0.25) is 0 Å². The maximum atomic E-state index is 13.0. The highest BCUT2D eigenvalue weighted by atomic mass is 31.1. The third-order valence-corrected chi connectivity index (χ3v) is 6.04. The Labute approximate surface area is 177 Å². The number of nitrogens with zero attached hydrogens (tertiary/aromatic N) is 1. The number of benzene rings is 2. The van der Waals surface area contributed by atoms with Crippen molar-refractivity contribution >= 4 is 20.1 Å². The van der Waals surface area contributed by atoms with Crippen LogP contribution >= 0.6 is 8.46 Å². The molecule has 0 aliphatic rings. The molecular weight excluding hydrogens is 405 g/mol. The lowest BCUT2D eigenvalue weighted by Gasteiger charge is -2.29. The Morgan fingerprint density at radius 2 is 1.73 bits per heavy atom. The van der Waals surface area contributed by atoms with Crippen LogP contribution in [-0.2, 0) is 25.4 Å². The number of hydrogen-bond donors (Lipinski definition) is 0. The van der Waals surface area contributed by atoms with Gasteiger partial charge in [0.15, 0.2) is 0 Å². The van der Waals surface area contributed by atoms with Crippen molar-refractivity contribution < 1.29 is 23.8 Å². The van der Waals surface area contributed by atoms with Crippen LogP contribution in [0.1, 0.15) is 37.5 Å². The molecule has 0 aliphatic carbocycles. The number of nitro benzene ring substituents is 1. The molecule has 4 atom stereocenters. The Balaban J connectivity index is 2.25. The van der Waals surface area contributed by atoms with Gasteiger partial charge in [-0.25, -0.2) is 0 Å². The lowest BCUT2D eigenvalue weighted by molar-refractivity contribution is -0.384. The van der Waals surface area contributed by atoms with Crippen LogP contribution < -0.4 is 0 Å². The summed E-state index contributed by atoms with van der Waals surface area (Å²) in [6.07, 6.45) is -0.133.